The molecule has 9 rings (SSSR count). The summed E-state index contributed by atoms with van der Waals surface area (Å²) in [6.45, 7) is 25.9. The molecule has 5 heteroatoms. The van der Waals surface area contributed by atoms with Gasteiger partial charge in [-0.1, -0.05) is 137 Å². The van der Waals surface area contributed by atoms with Gasteiger partial charge in [0.15, 0.2) is 0 Å². The zero-order chi connectivity index (χ0) is 45.1. The van der Waals surface area contributed by atoms with E-state index >= 15 is 0 Å². The highest BCUT2D eigenvalue weighted by molar-refractivity contribution is 6.09. The Morgan fingerprint density at radius 3 is 2.02 bits per heavy atom. The molecule has 0 aliphatic carbocycles. The molecule has 3 heterocycles. The number of fused-ring (bicyclic) bond motifs is 4. The smallest absolute Gasteiger partial charge is 0.137 e. The molecule has 64 heavy (non-hydrogen) atoms. The fourth-order valence-corrected chi connectivity index (χ4v) is 9.50. The second kappa shape index (κ2) is 16.3. The predicted octanol–water partition coefficient (Wildman–Crippen LogP) is 16.7. The van der Waals surface area contributed by atoms with Gasteiger partial charge in [-0.25, -0.2) is 4.98 Å². The minimum Gasteiger partial charge on any atom is -0.457 e. The first-order chi connectivity index (χ1) is 30.6. The van der Waals surface area contributed by atoms with E-state index in [4.69, 9.17) is 9.72 Å². The number of pyridine rings is 1. The van der Waals surface area contributed by atoms with Crippen molar-refractivity contribution in [1.29, 1.82) is 0 Å². The maximum atomic E-state index is 7.09. The molecular formula is C59H64N4O. The molecule has 326 valence electrons. The summed E-state index contributed by atoms with van der Waals surface area (Å²) in [5.74, 6) is 2.81. The minimum atomic E-state index is -0.0150. The van der Waals surface area contributed by atoms with Crippen LogP contribution in [0.2, 0.25) is 0 Å². The zero-order valence-corrected chi connectivity index (χ0v) is 39.8. The maximum Gasteiger partial charge on any atom is 0.137 e. The third-order valence-electron chi connectivity index (χ3n) is 13.9. The molecule has 6 aromatic carbocycles. The second-order valence-electron chi connectivity index (χ2n) is 20.5. The standard InChI is InChI=1S/C59H64N4O/c1-12-59(11,13-2)43-25-28-53-55(34-43)61(44-20-18-19-41(33-44)57(5,6)7)38-62(53)45-31-40(49-22-15-14-21-48(49)39(3)4)32-47(36-45)64-46-26-27-51-50-23-16-17-24-52(50)63(54(51)37-46)56-35-42(29-30-60-56)58(8,9)10/h14-37,39H,12-13,38H2,1-11H3. The van der Waals surface area contributed by atoms with E-state index in [1.165, 1.54) is 50.3 Å². The molecule has 0 saturated heterocycles. The van der Waals surface area contributed by atoms with Crippen LogP contribution in [-0.4, -0.2) is 16.2 Å². The van der Waals surface area contributed by atoms with Crippen molar-refractivity contribution in [1.82, 2.24) is 9.55 Å². The van der Waals surface area contributed by atoms with Crippen molar-refractivity contribution in [2.75, 3.05) is 16.5 Å². The van der Waals surface area contributed by atoms with Gasteiger partial charge in [-0.2, -0.15) is 0 Å². The molecule has 5 nitrogen and oxygen atoms in total. The summed E-state index contributed by atoms with van der Waals surface area (Å²) < 4.78 is 9.37. The van der Waals surface area contributed by atoms with Crippen molar-refractivity contribution in [3.63, 3.8) is 0 Å². The number of aromatic nitrogens is 2. The van der Waals surface area contributed by atoms with Gasteiger partial charge < -0.3 is 14.5 Å². The Bertz CT molecular complexity index is 3010. The molecule has 0 fully saturated rings. The van der Waals surface area contributed by atoms with E-state index in [-0.39, 0.29) is 16.2 Å². The number of hydrogen-bond acceptors (Lipinski definition) is 4. The van der Waals surface area contributed by atoms with Gasteiger partial charge >= 0.3 is 0 Å². The number of rotatable bonds is 10. The van der Waals surface area contributed by atoms with Crippen molar-refractivity contribution < 1.29 is 4.74 Å². The summed E-state index contributed by atoms with van der Waals surface area (Å²) in [4.78, 5) is 9.91. The van der Waals surface area contributed by atoms with E-state index in [1.807, 2.05) is 6.20 Å². The summed E-state index contributed by atoms with van der Waals surface area (Å²) in [5, 5.41) is 2.35. The van der Waals surface area contributed by atoms with Crippen molar-refractivity contribution in [3.05, 3.63) is 168 Å². The third kappa shape index (κ3) is 7.84. The number of hydrogen-bond donors (Lipinski definition) is 0. The van der Waals surface area contributed by atoms with Gasteiger partial charge in [0.05, 0.1) is 22.4 Å². The number of benzene rings is 6. The first-order valence-electron chi connectivity index (χ1n) is 23.3. The maximum absolute atomic E-state index is 7.09. The highest BCUT2D eigenvalue weighted by Gasteiger charge is 2.33. The van der Waals surface area contributed by atoms with Gasteiger partial charge in [0.1, 0.15) is 24.0 Å². The summed E-state index contributed by atoms with van der Waals surface area (Å²) >= 11 is 0. The molecule has 0 saturated carbocycles. The summed E-state index contributed by atoms with van der Waals surface area (Å²) in [6, 6.07) is 51.4. The van der Waals surface area contributed by atoms with Crippen LogP contribution in [0, 0.1) is 0 Å². The van der Waals surface area contributed by atoms with E-state index in [2.05, 4.69) is 230 Å². The van der Waals surface area contributed by atoms with Crippen LogP contribution in [0.3, 0.4) is 0 Å². The Morgan fingerprint density at radius 2 is 1.27 bits per heavy atom. The van der Waals surface area contributed by atoms with Gasteiger partial charge in [0.25, 0.3) is 0 Å². The van der Waals surface area contributed by atoms with Gasteiger partial charge in [0, 0.05) is 40.5 Å². The van der Waals surface area contributed by atoms with Gasteiger partial charge in [-0.05, 0) is 135 Å². The first-order valence-corrected chi connectivity index (χ1v) is 23.3. The van der Waals surface area contributed by atoms with Crippen LogP contribution in [0.5, 0.6) is 11.5 Å². The molecule has 8 aromatic rings. The molecule has 0 atom stereocenters. The molecule has 0 bridgehead atoms. The Kier molecular flexibility index (Phi) is 11.0. The van der Waals surface area contributed by atoms with Crippen molar-refractivity contribution in [2.24, 2.45) is 0 Å². The Balaban J connectivity index is 1.20. The lowest BCUT2D eigenvalue weighted by Crippen LogP contribution is -2.24. The highest BCUT2D eigenvalue weighted by Crippen LogP contribution is 2.49. The average Bonchev–Trinajstić information content (AvgIpc) is 3.84. The molecule has 0 radical (unpaired) electrons. The number of para-hydroxylation sites is 1. The van der Waals surface area contributed by atoms with Crippen LogP contribution >= 0.6 is 0 Å². The molecule has 0 unspecified atom stereocenters. The normalized spacial score (nSPS) is 13.4. The van der Waals surface area contributed by atoms with E-state index < -0.39 is 0 Å². The topological polar surface area (TPSA) is 33.5 Å². The fourth-order valence-electron chi connectivity index (χ4n) is 9.50. The molecule has 2 aromatic heterocycles. The van der Waals surface area contributed by atoms with E-state index in [0.29, 0.717) is 12.6 Å². The fraction of sp³-hybridized carbons (Fsp3) is 0.305. The first kappa shape index (κ1) is 42.9. The second-order valence-corrected chi connectivity index (χ2v) is 20.5. The predicted molar refractivity (Wildman–Crippen MR) is 272 cm³/mol. The minimum absolute atomic E-state index is 0.0150. The summed E-state index contributed by atoms with van der Waals surface area (Å²) in [6.07, 6.45) is 4.09. The van der Waals surface area contributed by atoms with Gasteiger partial charge in [0.2, 0.25) is 0 Å². The van der Waals surface area contributed by atoms with Gasteiger partial charge in [-0.3, -0.25) is 4.57 Å². The van der Waals surface area contributed by atoms with Crippen LogP contribution in [0.25, 0.3) is 38.8 Å². The van der Waals surface area contributed by atoms with Crippen LogP contribution < -0.4 is 14.5 Å². The van der Waals surface area contributed by atoms with E-state index in [0.717, 1.165) is 57.8 Å². The van der Waals surface area contributed by atoms with Crippen LogP contribution in [-0.2, 0) is 16.2 Å². The van der Waals surface area contributed by atoms with E-state index in [9.17, 15) is 0 Å². The molecule has 1 aliphatic rings. The van der Waals surface area contributed by atoms with Crippen LogP contribution in [0.1, 0.15) is 117 Å². The molecule has 1 aliphatic heterocycles. The van der Waals surface area contributed by atoms with Crippen LogP contribution in [0.4, 0.5) is 22.7 Å². The largest absolute Gasteiger partial charge is 0.457 e. The number of anilines is 4. The Hall–Kier alpha value is -6.33. The molecule has 0 amide bonds. The monoisotopic (exact) mass is 845 g/mol. The number of nitrogens with zero attached hydrogens (tertiary/aromatic N) is 4. The summed E-state index contributed by atoms with van der Waals surface area (Å²) in [5.41, 5.74) is 14.6. The molecular weight excluding hydrogens is 781 g/mol. The molecule has 0 spiro atoms. The SMILES string of the molecule is CCC(C)(CC)c1ccc2c(c1)N(c1cccc(C(C)(C)C)c1)CN2c1cc(Oc2ccc3c4ccccc4n(-c4cc(C(C)(C)C)ccn4)c3c2)cc(-c2ccccc2C(C)C)c1. The Labute approximate surface area is 381 Å². The van der Waals surface area contributed by atoms with Gasteiger partial charge in [-0.15, -0.1) is 0 Å². The third-order valence-corrected chi connectivity index (χ3v) is 13.9. The lowest BCUT2D eigenvalue weighted by Gasteiger charge is -2.29. The molecule has 0 N–H and O–H groups in total. The quantitative estimate of drug-likeness (QED) is 0.137. The van der Waals surface area contributed by atoms with E-state index in [1.54, 1.807) is 0 Å². The lowest BCUT2D eigenvalue weighted by molar-refractivity contribution is 0.439. The van der Waals surface area contributed by atoms with Crippen molar-refractivity contribution >= 4 is 44.6 Å². The Morgan fingerprint density at radius 1 is 0.562 bits per heavy atom. The van der Waals surface area contributed by atoms with Crippen LogP contribution in [0.15, 0.2) is 146 Å². The highest BCUT2D eigenvalue weighted by atomic mass is 16.5. The number of ether oxygens (including phenoxy) is 1. The lowest BCUT2D eigenvalue weighted by atomic mass is 9.77. The summed E-state index contributed by atoms with van der Waals surface area (Å²) in [7, 11) is 0. The zero-order valence-electron chi connectivity index (χ0n) is 39.8. The van der Waals surface area contributed by atoms with Crippen molar-refractivity contribution in [3.8, 4) is 28.4 Å². The average molecular weight is 845 g/mol. The van der Waals surface area contributed by atoms with Crippen molar-refractivity contribution in [2.45, 2.75) is 111 Å².